The Kier molecular flexibility index (Phi) is 4.81. The van der Waals surface area contributed by atoms with Crippen LogP contribution in [0.25, 0.3) is 0 Å². The maximum atomic E-state index is 12.1. The van der Waals surface area contributed by atoms with Crippen LogP contribution in [-0.2, 0) is 0 Å². The highest BCUT2D eigenvalue weighted by Gasteiger charge is 2.15. The molecule has 2 rings (SSSR count). The van der Waals surface area contributed by atoms with Gasteiger partial charge in [-0.05, 0) is 30.3 Å². The molecule has 0 aliphatic carbocycles. The second-order valence-corrected chi connectivity index (χ2v) is 6.03. The zero-order valence-electron chi connectivity index (χ0n) is 9.75. The van der Waals surface area contributed by atoms with Crippen LogP contribution >= 0.6 is 50.7 Å². The van der Waals surface area contributed by atoms with E-state index in [0.717, 1.165) is 0 Å². The number of aromatic hydroxyl groups is 1. The summed E-state index contributed by atoms with van der Waals surface area (Å²) in [5.41, 5.74) is 0.348. The van der Waals surface area contributed by atoms with Gasteiger partial charge in [0.15, 0.2) is 0 Å². The summed E-state index contributed by atoms with van der Waals surface area (Å²) in [6.07, 6.45) is 0. The molecule has 0 radical (unpaired) electrons. The molecule has 20 heavy (non-hydrogen) atoms. The molecule has 2 aromatic rings. The van der Waals surface area contributed by atoms with Gasteiger partial charge in [0, 0.05) is 9.50 Å². The molecule has 0 aliphatic heterocycles. The van der Waals surface area contributed by atoms with Crippen LogP contribution in [-0.4, -0.2) is 11.0 Å². The van der Waals surface area contributed by atoms with E-state index < -0.39 is 5.91 Å². The highest BCUT2D eigenvalue weighted by atomic mass is 79.9. The molecule has 0 bridgehead atoms. The van der Waals surface area contributed by atoms with Gasteiger partial charge in [0.1, 0.15) is 5.75 Å². The quantitative estimate of drug-likeness (QED) is 0.718. The van der Waals surface area contributed by atoms with Gasteiger partial charge in [0.05, 0.1) is 21.3 Å². The molecular formula is C13H7BrCl3NO2. The molecule has 3 nitrogen and oxygen atoms in total. The molecule has 0 fully saturated rings. The van der Waals surface area contributed by atoms with Crippen LogP contribution in [0.2, 0.25) is 15.1 Å². The zero-order valence-corrected chi connectivity index (χ0v) is 13.6. The number of halogens is 4. The first-order valence-corrected chi connectivity index (χ1v) is 7.25. The fraction of sp³-hybridized carbons (Fsp3) is 0. The van der Waals surface area contributed by atoms with Crippen molar-refractivity contribution in [2.24, 2.45) is 0 Å². The second-order valence-electron chi connectivity index (χ2n) is 3.86. The van der Waals surface area contributed by atoms with E-state index in [1.165, 1.54) is 18.2 Å². The lowest BCUT2D eigenvalue weighted by Crippen LogP contribution is -2.12. The van der Waals surface area contributed by atoms with Crippen molar-refractivity contribution in [2.75, 3.05) is 5.32 Å². The van der Waals surface area contributed by atoms with Crippen molar-refractivity contribution in [3.63, 3.8) is 0 Å². The summed E-state index contributed by atoms with van der Waals surface area (Å²) in [6, 6.07) is 7.39. The zero-order chi connectivity index (χ0) is 14.9. The van der Waals surface area contributed by atoms with E-state index in [1.54, 1.807) is 12.1 Å². The van der Waals surface area contributed by atoms with E-state index in [2.05, 4.69) is 21.2 Å². The van der Waals surface area contributed by atoms with Gasteiger partial charge in [-0.3, -0.25) is 4.79 Å². The maximum Gasteiger partial charge on any atom is 0.259 e. The van der Waals surface area contributed by atoms with Gasteiger partial charge in [-0.2, -0.15) is 0 Å². The summed E-state index contributed by atoms with van der Waals surface area (Å²) in [5, 5.41) is 13.2. The van der Waals surface area contributed by atoms with E-state index in [-0.39, 0.29) is 27.0 Å². The molecule has 0 saturated carbocycles. The number of carbonyl (C=O) groups excluding carboxylic acids is 1. The number of hydrogen-bond acceptors (Lipinski definition) is 2. The summed E-state index contributed by atoms with van der Waals surface area (Å²) >= 11 is 21.0. The first-order chi connectivity index (χ1) is 9.38. The predicted octanol–water partition coefficient (Wildman–Crippen LogP) is 5.37. The van der Waals surface area contributed by atoms with Gasteiger partial charge < -0.3 is 10.4 Å². The topological polar surface area (TPSA) is 49.3 Å². The van der Waals surface area contributed by atoms with Gasteiger partial charge in [0.2, 0.25) is 0 Å². The number of carbonyl (C=O) groups is 1. The summed E-state index contributed by atoms with van der Waals surface area (Å²) in [6.45, 7) is 0. The van der Waals surface area contributed by atoms with Gasteiger partial charge in [-0.25, -0.2) is 0 Å². The van der Waals surface area contributed by atoms with E-state index in [0.29, 0.717) is 9.50 Å². The minimum absolute atomic E-state index is 0.0736. The number of hydrogen-bond donors (Lipinski definition) is 2. The van der Waals surface area contributed by atoms with Crippen molar-refractivity contribution >= 4 is 62.3 Å². The van der Waals surface area contributed by atoms with E-state index in [1.807, 2.05) is 0 Å². The Morgan fingerprint density at radius 2 is 1.70 bits per heavy atom. The number of anilines is 1. The van der Waals surface area contributed by atoms with Gasteiger partial charge in [-0.1, -0.05) is 50.7 Å². The first-order valence-electron chi connectivity index (χ1n) is 5.33. The Bertz CT molecular complexity index is 668. The molecule has 1 amide bonds. The van der Waals surface area contributed by atoms with E-state index in [4.69, 9.17) is 34.8 Å². The van der Waals surface area contributed by atoms with Crippen molar-refractivity contribution < 1.29 is 9.90 Å². The minimum Gasteiger partial charge on any atom is -0.507 e. The van der Waals surface area contributed by atoms with Crippen LogP contribution in [0.1, 0.15) is 10.4 Å². The number of amides is 1. The molecule has 7 heteroatoms. The van der Waals surface area contributed by atoms with Gasteiger partial charge in [-0.15, -0.1) is 0 Å². The smallest absolute Gasteiger partial charge is 0.259 e. The molecule has 0 unspecified atom stereocenters. The largest absolute Gasteiger partial charge is 0.507 e. The average Bonchev–Trinajstić information content (AvgIpc) is 2.33. The van der Waals surface area contributed by atoms with Crippen LogP contribution < -0.4 is 5.32 Å². The lowest BCUT2D eigenvalue weighted by molar-refractivity contribution is 0.102. The van der Waals surface area contributed by atoms with Crippen molar-refractivity contribution in [1.82, 2.24) is 0 Å². The summed E-state index contributed by atoms with van der Waals surface area (Å²) < 4.78 is 0.694. The predicted molar refractivity (Wildman–Crippen MR) is 85.2 cm³/mol. The van der Waals surface area contributed by atoms with Crippen LogP contribution in [0.5, 0.6) is 5.75 Å². The van der Waals surface area contributed by atoms with E-state index >= 15 is 0 Å². The molecular weight excluding hydrogens is 388 g/mol. The summed E-state index contributed by atoms with van der Waals surface area (Å²) in [4.78, 5) is 12.1. The number of nitrogens with one attached hydrogen (secondary N) is 1. The van der Waals surface area contributed by atoms with Crippen LogP contribution in [0.15, 0.2) is 34.8 Å². The SMILES string of the molecule is O=C(Nc1c(Cl)cc(Br)cc1Cl)c1ccc(Cl)cc1O. The van der Waals surface area contributed by atoms with Crippen molar-refractivity contribution in [3.05, 3.63) is 55.4 Å². The van der Waals surface area contributed by atoms with Crippen molar-refractivity contribution in [2.45, 2.75) is 0 Å². The highest BCUT2D eigenvalue weighted by molar-refractivity contribution is 9.10. The average molecular weight is 395 g/mol. The van der Waals surface area contributed by atoms with Crippen molar-refractivity contribution in [3.8, 4) is 5.75 Å². The van der Waals surface area contributed by atoms with E-state index in [9.17, 15) is 9.90 Å². The Balaban J connectivity index is 2.33. The van der Waals surface area contributed by atoms with Crippen LogP contribution in [0.3, 0.4) is 0 Å². The van der Waals surface area contributed by atoms with Crippen LogP contribution in [0.4, 0.5) is 5.69 Å². The molecule has 0 saturated heterocycles. The second kappa shape index (κ2) is 6.22. The third-order valence-electron chi connectivity index (χ3n) is 2.45. The molecule has 0 aliphatic rings. The lowest BCUT2D eigenvalue weighted by atomic mass is 10.2. The first kappa shape index (κ1) is 15.4. The molecule has 0 atom stereocenters. The van der Waals surface area contributed by atoms with Gasteiger partial charge >= 0.3 is 0 Å². The lowest BCUT2D eigenvalue weighted by Gasteiger charge is -2.11. The van der Waals surface area contributed by atoms with Crippen molar-refractivity contribution in [1.29, 1.82) is 0 Å². The number of phenolic OH excluding ortho intramolecular Hbond substituents is 1. The fourth-order valence-electron chi connectivity index (χ4n) is 1.54. The normalized spacial score (nSPS) is 10.4. The molecule has 104 valence electrons. The molecule has 0 spiro atoms. The Labute approximate surface area is 138 Å². The van der Waals surface area contributed by atoms with Gasteiger partial charge in [0.25, 0.3) is 5.91 Å². The summed E-state index contributed by atoms with van der Waals surface area (Å²) in [5.74, 6) is -0.760. The molecule has 0 heterocycles. The molecule has 0 aromatic heterocycles. The minimum atomic E-state index is -0.537. The molecule has 2 N–H and O–H groups in total. The number of rotatable bonds is 2. The van der Waals surface area contributed by atoms with Crippen LogP contribution in [0, 0.1) is 0 Å². The standard InChI is InChI=1S/C13H7BrCl3NO2/c14-6-3-9(16)12(10(17)4-6)18-13(20)8-2-1-7(15)5-11(8)19/h1-5,19H,(H,18,20). The third kappa shape index (κ3) is 3.38. The Morgan fingerprint density at radius 1 is 1.10 bits per heavy atom. The highest BCUT2D eigenvalue weighted by Crippen LogP contribution is 2.34. The fourth-order valence-corrected chi connectivity index (χ4v) is 3.01. The third-order valence-corrected chi connectivity index (χ3v) is 3.74. The number of phenols is 1. The number of benzene rings is 2. The Morgan fingerprint density at radius 3 is 2.25 bits per heavy atom. The summed E-state index contributed by atoms with van der Waals surface area (Å²) in [7, 11) is 0. The maximum absolute atomic E-state index is 12.1. The monoisotopic (exact) mass is 393 g/mol. The molecule has 2 aromatic carbocycles. The Hall–Kier alpha value is -0.940.